The number of likely N-dealkylation sites (tertiary alicyclic amines) is 3. The molecule has 3 saturated heterocycles. The number of aliphatic hydroxyl groups is 1. The third kappa shape index (κ3) is 27.0. The van der Waals surface area contributed by atoms with Crippen LogP contribution in [0.4, 0.5) is 14.4 Å². The number of hydrogen-bond acceptors (Lipinski definition) is 16. The predicted molar refractivity (Wildman–Crippen MR) is 562 cm³/mol. The lowest BCUT2D eigenvalue weighted by Crippen LogP contribution is -2.51. The fourth-order valence-electron chi connectivity index (χ4n) is 33.2. The maximum Gasteiger partial charge on any atom is 0.407 e. The summed E-state index contributed by atoms with van der Waals surface area (Å²) in [5.74, 6) is 11.7. The molecular weight excluding hydrogens is 1800 g/mol. The average Bonchev–Trinajstić information content (AvgIpc) is 1.64. The summed E-state index contributed by atoms with van der Waals surface area (Å²) in [6.07, 6.45) is 46.5. The number of esters is 2. The molecule has 810 valence electrons. The second-order valence-electron chi connectivity index (χ2n) is 50.8. The first kappa shape index (κ1) is 115. The molecule has 12 fully saturated rings. The Balaban J connectivity index is 0.000000190. The normalized spacial score (nSPS) is 36.5. The highest BCUT2D eigenvalue weighted by atomic mass is 16.6. The number of aliphatic carboxylic acids is 1. The number of alkyl carbamates (subject to hydrolysis) is 3. The zero-order valence-electron chi connectivity index (χ0n) is 92.8. The van der Waals surface area contributed by atoms with Crippen molar-refractivity contribution in [1.29, 1.82) is 0 Å². The molecule has 15 rings (SSSR count). The Labute approximate surface area is 862 Å². The lowest BCUT2D eigenvalue weighted by atomic mass is 9.47. The molecular formula is C119H197N7O17. The number of nitrogens with zero attached hydrogens (tertiary/aromatic N) is 3. The zero-order valence-corrected chi connectivity index (χ0v) is 92.8. The fourth-order valence-corrected chi connectivity index (χ4v) is 33.2. The molecule has 0 aromatic carbocycles. The van der Waals surface area contributed by atoms with E-state index in [1.54, 1.807) is 14.7 Å². The van der Waals surface area contributed by atoms with Crippen molar-refractivity contribution in [2.75, 3.05) is 66.0 Å². The van der Waals surface area contributed by atoms with Crippen LogP contribution in [0.3, 0.4) is 0 Å². The molecule has 9 saturated carbocycles. The molecule has 0 spiro atoms. The number of fused-ring (bicyclic) bond motifs is 15. The van der Waals surface area contributed by atoms with Crippen LogP contribution in [0, 0.1) is 157 Å². The van der Waals surface area contributed by atoms with Gasteiger partial charge in [-0.15, -0.1) is 0 Å². The van der Waals surface area contributed by atoms with Gasteiger partial charge in [0.05, 0.1) is 38.5 Å². The van der Waals surface area contributed by atoms with Crippen molar-refractivity contribution in [2.24, 2.45) is 157 Å². The number of β-amino-alcohol motifs (C(OH)–C–C–N with tert-alkyl or cyclic N) is 1. The van der Waals surface area contributed by atoms with Crippen LogP contribution in [0.5, 0.6) is 0 Å². The van der Waals surface area contributed by atoms with Crippen molar-refractivity contribution in [1.82, 2.24) is 36.0 Å². The van der Waals surface area contributed by atoms with Gasteiger partial charge >= 0.3 is 36.2 Å². The minimum Gasteiger partial charge on any atom is -0.481 e. The molecule has 0 bridgehead atoms. The van der Waals surface area contributed by atoms with Gasteiger partial charge in [-0.05, 0) is 293 Å². The van der Waals surface area contributed by atoms with Gasteiger partial charge < -0.3 is 69.9 Å². The first-order chi connectivity index (χ1) is 68.0. The maximum absolute atomic E-state index is 13.0. The Morgan fingerprint density at radius 1 is 0.378 bits per heavy atom. The van der Waals surface area contributed by atoms with Crippen molar-refractivity contribution in [3.05, 3.63) is 34.9 Å². The van der Waals surface area contributed by atoms with Crippen LogP contribution < -0.4 is 21.3 Å². The second-order valence-corrected chi connectivity index (χ2v) is 50.8. The molecule has 143 heavy (non-hydrogen) atoms. The predicted octanol–water partition coefficient (Wildman–Crippen LogP) is 23.6. The van der Waals surface area contributed by atoms with Crippen LogP contribution >= 0.6 is 0 Å². The van der Waals surface area contributed by atoms with Gasteiger partial charge in [0, 0.05) is 76.7 Å². The van der Waals surface area contributed by atoms with Crippen molar-refractivity contribution >= 4 is 59.8 Å². The number of rotatable bonds is 35. The van der Waals surface area contributed by atoms with E-state index in [-0.39, 0.29) is 134 Å². The van der Waals surface area contributed by atoms with E-state index in [9.17, 15) is 53.1 Å². The maximum atomic E-state index is 13.0. The molecule has 12 aliphatic carbocycles. The second kappa shape index (κ2) is 50.7. The van der Waals surface area contributed by atoms with E-state index in [4.69, 9.17) is 28.8 Å². The van der Waals surface area contributed by atoms with E-state index in [0.29, 0.717) is 60.7 Å². The highest BCUT2D eigenvalue weighted by Crippen LogP contribution is 2.72. The summed E-state index contributed by atoms with van der Waals surface area (Å²) in [5.41, 5.74) is 6.50. The van der Waals surface area contributed by atoms with E-state index in [2.05, 4.69) is 143 Å². The number of allylic oxidation sites excluding steroid dienone is 3. The molecule has 24 nitrogen and oxygen atoms in total. The quantitative estimate of drug-likeness (QED) is 0.0195. The van der Waals surface area contributed by atoms with Gasteiger partial charge in [0.25, 0.3) is 0 Å². The highest BCUT2D eigenvalue weighted by Gasteiger charge is 2.64. The average molecular weight is 2000 g/mol. The van der Waals surface area contributed by atoms with Gasteiger partial charge in [-0.3, -0.25) is 33.6 Å². The summed E-state index contributed by atoms with van der Waals surface area (Å²) in [5, 5.41) is 29.5. The van der Waals surface area contributed by atoms with Crippen LogP contribution in [-0.4, -0.2) is 187 Å². The Kier molecular flexibility index (Phi) is 40.8. The van der Waals surface area contributed by atoms with Gasteiger partial charge in [0.15, 0.2) is 0 Å². The van der Waals surface area contributed by atoms with E-state index in [1.807, 2.05) is 34.6 Å². The first-order valence-corrected chi connectivity index (χ1v) is 58.2. The molecule has 3 aliphatic heterocycles. The van der Waals surface area contributed by atoms with Crippen LogP contribution in [0.2, 0.25) is 0 Å². The number of carbonyl (C=O) groups is 10. The van der Waals surface area contributed by atoms with E-state index < -0.39 is 54.5 Å². The van der Waals surface area contributed by atoms with E-state index >= 15 is 0 Å². The van der Waals surface area contributed by atoms with Crippen LogP contribution in [0.1, 0.15) is 395 Å². The molecule has 30 atom stereocenters. The largest absolute Gasteiger partial charge is 0.481 e. The van der Waals surface area contributed by atoms with Gasteiger partial charge in [0.2, 0.25) is 23.6 Å². The highest BCUT2D eigenvalue weighted by molar-refractivity contribution is 5.85. The molecule has 6 N–H and O–H groups in total. The van der Waals surface area contributed by atoms with Crippen molar-refractivity contribution < 1.29 is 81.8 Å². The Bertz CT molecular complexity index is 4370. The number of carboxylic acid groups (broad SMARTS) is 1. The molecule has 0 aromatic heterocycles. The number of aliphatic hydroxyl groups excluding tert-OH is 1. The standard InChI is InChI=1S/C41H67N3O6.C40H64N2O7.C36H60N2O4.C2H6/c1-8-28-24-44(25-35(28)50-38(47)17-16-36(45)42-7)37(46)23-43-39(48)49-30-18-20-40(5)29(22-30)12-13-31-33-15-14-32(27(4)11-9-10-26(2)3)41(33,6)21-19-34(31)40;1-7-27-23-42(24-34(27)49-37(46)16-15-36(44)45)35(43)22-41-38(47)48-29-17-19-39(5)28(21-29)11-12-30-32-14-13-31(26(4)10-8-9-25(2)3)40(32,6)20-18-33(30)39;1-7-25-21-38(22-32(25)39)33(40)20-37-34(41)42-27-15-17-35(5)26(19-27)11-12-28-30-14-13-29(24(4)10-8-9-23(2)3)36(30,6)18-16-31(28)35;1-2/h12,26-28,30-35H,8-11,13-25H2,1-7H3,(H,42,45)(H,43,48);11,25-27,29-34H,7-10,12-24H2,1-6H3,(H,41,47)(H,44,45);11,23-25,27-32,39H,7-10,12-22H2,1-6H3,(H,37,41);1-2H3/t27-,28?,30+,31?,32-,33?,34?,35?,40+,41-;26-,27?,29+,30?,31-,32?,33?,34?,39+,40-;24-,25?,27+,28?,29-,30?,31?,32?,35+,36-;/m111./s1. The lowest BCUT2D eigenvalue weighted by Gasteiger charge is -2.58. The lowest BCUT2D eigenvalue weighted by molar-refractivity contribution is -0.153. The zero-order chi connectivity index (χ0) is 104. The SMILES string of the molecule is CC.CCC1CN(C(=O)CNC(=O)O[C@H]2CC[C@@]3(C)C(=CCC4C3CC[C@@]3(C)C4CC[C@@H]3[C@H](C)CCCC(C)C)C2)CC1O.CCC1CN(C(=O)CNC(=O)O[C@H]2CC[C@@]3(C)C(=CCC4C3CC[C@@]3(C)C4CC[C@@H]3[C@H](C)CCCC(C)C)C2)CC1OC(=O)CCC(=O)NC.CCC1CN(C(=O)CNC(=O)O[C@H]2CC[C@@]3(C)C(=CCC4C3CC[C@@]3(C)C4CC[C@@H]3[C@H](C)CCCC(C)C)C2)CC1OC(=O)CCC(=O)O. The number of hydrogen-bond donors (Lipinski definition) is 6. The van der Waals surface area contributed by atoms with Gasteiger partial charge in [-0.2, -0.15) is 0 Å². The molecule has 0 aromatic rings. The number of amides is 7. The molecule has 15 unspecified atom stereocenters. The minimum absolute atomic E-state index is 0.00486. The number of nitrogens with one attached hydrogen (secondary N) is 4. The third-order valence-corrected chi connectivity index (χ3v) is 41.5. The van der Waals surface area contributed by atoms with E-state index in [1.165, 1.54) is 165 Å². The molecule has 24 heteroatoms. The molecule has 7 amide bonds. The van der Waals surface area contributed by atoms with Gasteiger partial charge in [-0.1, -0.05) is 231 Å². The number of ether oxygens (including phenoxy) is 5. The van der Waals surface area contributed by atoms with Crippen LogP contribution in [-0.2, 0) is 57.2 Å². The smallest absolute Gasteiger partial charge is 0.407 e. The monoisotopic (exact) mass is 2000 g/mol. The summed E-state index contributed by atoms with van der Waals surface area (Å²) in [4.78, 5) is 129. The number of carboxylic acids is 1. The minimum atomic E-state index is -1.05. The Hall–Kier alpha value is -6.72. The molecule has 15 aliphatic rings. The summed E-state index contributed by atoms with van der Waals surface area (Å²) in [6, 6.07) is 0. The first-order valence-electron chi connectivity index (χ1n) is 58.2. The third-order valence-electron chi connectivity index (χ3n) is 41.5. The van der Waals surface area contributed by atoms with Crippen molar-refractivity contribution in [3.63, 3.8) is 0 Å². The van der Waals surface area contributed by atoms with E-state index in [0.717, 1.165) is 178 Å². The Morgan fingerprint density at radius 3 is 0.979 bits per heavy atom. The topological polar surface area (TPSA) is 315 Å². The summed E-state index contributed by atoms with van der Waals surface area (Å²) in [7, 11) is 1.53. The van der Waals surface area contributed by atoms with Gasteiger partial charge in [-0.25, -0.2) is 14.4 Å². The van der Waals surface area contributed by atoms with Crippen molar-refractivity contribution in [3.8, 4) is 0 Å². The summed E-state index contributed by atoms with van der Waals surface area (Å²) < 4.78 is 28.8. The summed E-state index contributed by atoms with van der Waals surface area (Å²) in [6.45, 7) is 49.1. The Morgan fingerprint density at radius 2 is 0.685 bits per heavy atom. The molecule has 0 radical (unpaired) electrons. The number of carbonyl (C=O) groups excluding carboxylic acids is 9. The van der Waals surface area contributed by atoms with Crippen molar-refractivity contribution in [2.45, 2.75) is 432 Å². The van der Waals surface area contributed by atoms with Crippen LogP contribution in [0.25, 0.3) is 0 Å². The summed E-state index contributed by atoms with van der Waals surface area (Å²) >= 11 is 0. The van der Waals surface area contributed by atoms with Gasteiger partial charge in [0.1, 0.15) is 50.2 Å². The molecule has 3 heterocycles. The fraction of sp³-hybridized carbons (Fsp3) is 0.866. The van der Waals surface area contributed by atoms with Crippen LogP contribution in [0.15, 0.2) is 34.9 Å².